The van der Waals surface area contributed by atoms with E-state index in [0.717, 1.165) is 0 Å². The first kappa shape index (κ1) is 9.04. The zero-order chi connectivity index (χ0) is 8.48. The van der Waals surface area contributed by atoms with Crippen molar-refractivity contribution in [3.8, 4) is 0 Å². The van der Waals surface area contributed by atoms with Crippen molar-refractivity contribution in [2.24, 2.45) is 0 Å². The summed E-state index contributed by atoms with van der Waals surface area (Å²) in [5, 5.41) is 0.158. The Kier molecular flexibility index (Phi) is 2.58. The van der Waals surface area contributed by atoms with Crippen LogP contribution < -0.4 is 0 Å². The Labute approximate surface area is 78.1 Å². The van der Waals surface area contributed by atoms with E-state index >= 15 is 0 Å². The number of nitrogens with zero attached hydrogens (tertiary/aromatic N) is 1. The molecule has 0 atom stereocenters. The van der Waals surface area contributed by atoms with Gasteiger partial charge in [-0.2, -0.15) is 0 Å². The SMILES string of the molecule is FC(Cl)(Cl)c1cccc(Cl)n1. The Morgan fingerprint density at radius 3 is 2.36 bits per heavy atom. The van der Waals surface area contributed by atoms with Crippen LogP contribution in [0.5, 0.6) is 0 Å². The Morgan fingerprint density at radius 2 is 2.00 bits per heavy atom. The average molecular weight is 214 g/mol. The quantitative estimate of drug-likeness (QED) is 0.516. The standard InChI is InChI=1S/C6H3Cl3FN/c7-5-3-1-2-4(11-5)6(8,9)10/h1-3H. The molecule has 60 valence electrons. The molecule has 5 heteroatoms. The molecular formula is C6H3Cl3FN. The molecule has 11 heavy (non-hydrogen) atoms. The van der Waals surface area contributed by atoms with Gasteiger partial charge < -0.3 is 0 Å². The summed E-state index contributed by atoms with van der Waals surface area (Å²) in [6.45, 7) is 0. The van der Waals surface area contributed by atoms with Crippen molar-refractivity contribution in [3.05, 3.63) is 29.0 Å². The number of pyridine rings is 1. The molecule has 0 N–H and O–H groups in total. The Hall–Kier alpha value is -0.0500. The molecule has 0 bridgehead atoms. The topological polar surface area (TPSA) is 12.9 Å². The molecule has 0 saturated carbocycles. The van der Waals surface area contributed by atoms with Gasteiger partial charge in [0.05, 0.1) is 0 Å². The van der Waals surface area contributed by atoms with Crippen molar-refractivity contribution in [1.29, 1.82) is 0 Å². The average Bonchev–Trinajstić information content (AvgIpc) is 1.86. The zero-order valence-electron chi connectivity index (χ0n) is 5.19. The summed E-state index contributed by atoms with van der Waals surface area (Å²) in [5.74, 6) is 0. The van der Waals surface area contributed by atoms with E-state index in [4.69, 9.17) is 34.8 Å². The number of alkyl halides is 3. The highest BCUT2D eigenvalue weighted by Gasteiger charge is 2.26. The van der Waals surface area contributed by atoms with Crippen LogP contribution in [0, 0.1) is 0 Å². The summed E-state index contributed by atoms with van der Waals surface area (Å²) in [4.78, 5) is 3.57. The van der Waals surface area contributed by atoms with Crippen LogP contribution in [-0.4, -0.2) is 4.98 Å². The number of rotatable bonds is 1. The lowest BCUT2D eigenvalue weighted by Gasteiger charge is -2.07. The maximum absolute atomic E-state index is 12.7. The van der Waals surface area contributed by atoms with Crippen molar-refractivity contribution in [2.45, 2.75) is 4.59 Å². The van der Waals surface area contributed by atoms with Crippen LogP contribution in [0.1, 0.15) is 5.69 Å². The largest absolute Gasteiger partial charge is 0.300 e. The van der Waals surface area contributed by atoms with E-state index in [1.54, 1.807) is 0 Å². The fraction of sp³-hybridized carbons (Fsp3) is 0.167. The number of hydrogen-bond donors (Lipinski definition) is 0. The van der Waals surface area contributed by atoms with Crippen LogP contribution in [0.3, 0.4) is 0 Å². The smallest absolute Gasteiger partial charge is 0.235 e. The van der Waals surface area contributed by atoms with Gasteiger partial charge in [0, 0.05) is 0 Å². The third kappa shape index (κ3) is 2.47. The van der Waals surface area contributed by atoms with E-state index < -0.39 is 4.59 Å². The minimum Gasteiger partial charge on any atom is -0.235 e. The summed E-state index contributed by atoms with van der Waals surface area (Å²) in [6, 6.07) is 4.38. The van der Waals surface area contributed by atoms with Gasteiger partial charge in [-0.05, 0) is 12.1 Å². The van der Waals surface area contributed by atoms with E-state index in [9.17, 15) is 4.39 Å². The van der Waals surface area contributed by atoms with Gasteiger partial charge in [0.2, 0.25) is 0 Å². The molecule has 0 saturated heterocycles. The lowest BCUT2D eigenvalue weighted by molar-refractivity contribution is 0.396. The summed E-state index contributed by atoms with van der Waals surface area (Å²) < 4.78 is 10.2. The molecule has 1 aromatic heterocycles. The van der Waals surface area contributed by atoms with Crippen LogP contribution >= 0.6 is 34.8 Å². The second kappa shape index (κ2) is 3.13. The van der Waals surface area contributed by atoms with Gasteiger partial charge in [-0.15, -0.1) is 0 Å². The molecule has 0 amide bonds. The second-order valence-corrected chi connectivity index (χ2v) is 3.47. The molecule has 0 fully saturated rings. The van der Waals surface area contributed by atoms with Crippen LogP contribution in [0.15, 0.2) is 18.2 Å². The monoisotopic (exact) mass is 213 g/mol. The molecule has 0 aromatic carbocycles. The molecule has 0 aliphatic rings. The molecule has 1 nitrogen and oxygen atoms in total. The van der Waals surface area contributed by atoms with Crippen molar-refractivity contribution in [2.75, 3.05) is 0 Å². The van der Waals surface area contributed by atoms with E-state index in [1.165, 1.54) is 18.2 Å². The number of aromatic nitrogens is 1. The van der Waals surface area contributed by atoms with Gasteiger partial charge in [-0.3, -0.25) is 0 Å². The molecule has 0 aliphatic heterocycles. The van der Waals surface area contributed by atoms with Gasteiger partial charge in [0.15, 0.2) is 0 Å². The maximum Gasteiger partial charge on any atom is 0.300 e. The number of hydrogen-bond acceptors (Lipinski definition) is 1. The van der Waals surface area contributed by atoms with Crippen molar-refractivity contribution >= 4 is 34.8 Å². The zero-order valence-corrected chi connectivity index (χ0v) is 7.46. The van der Waals surface area contributed by atoms with E-state index in [-0.39, 0.29) is 10.8 Å². The molecular weight excluding hydrogens is 211 g/mol. The highest BCUT2D eigenvalue weighted by Crippen LogP contribution is 2.33. The first-order valence-corrected chi connectivity index (χ1v) is 3.83. The highest BCUT2D eigenvalue weighted by molar-refractivity contribution is 6.46. The highest BCUT2D eigenvalue weighted by atomic mass is 35.5. The molecule has 1 heterocycles. The third-order valence-corrected chi connectivity index (χ3v) is 1.60. The minimum atomic E-state index is -2.47. The summed E-state index contributed by atoms with van der Waals surface area (Å²) in [5.41, 5.74) is -0.103. The van der Waals surface area contributed by atoms with Crippen LogP contribution in [0.2, 0.25) is 5.15 Å². The molecule has 0 radical (unpaired) electrons. The van der Waals surface area contributed by atoms with Crippen molar-refractivity contribution in [1.82, 2.24) is 4.98 Å². The van der Waals surface area contributed by atoms with Gasteiger partial charge in [0.1, 0.15) is 10.8 Å². The van der Waals surface area contributed by atoms with Crippen LogP contribution in [0.25, 0.3) is 0 Å². The fourth-order valence-corrected chi connectivity index (χ4v) is 0.940. The minimum absolute atomic E-state index is 0.103. The molecule has 1 rings (SSSR count). The molecule has 0 aliphatic carbocycles. The van der Waals surface area contributed by atoms with E-state index in [2.05, 4.69) is 4.98 Å². The summed E-state index contributed by atoms with van der Waals surface area (Å²) >= 11 is 15.7. The number of halogens is 4. The van der Waals surface area contributed by atoms with Gasteiger partial charge in [0.25, 0.3) is 4.59 Å². The van der Waals surface area contributed by atoms with Gasteiger partial charge in [-0.1, -0.05) is 40.9 Å². The molecule has 0 spiro atoms. The van der Waals surface area contributed by atoms with Crippen LogP contribution in [0.4, 0.5) is 4.39 Å². The van der Waals surface area contributed by atoms with Gasteiger partial charge in [-0.25, -0.2) is 9.37 Å². The predicted molar refractivity (Wildman–Crippen MR) is 43.7 cm³/mol. The van der Waals surface area contributed by atoms with Crippen molar-refractivity contribution in [3.63, 3.8) is 0 Å². The first-order chi connectivity index (χ1) is 5.00. The second-order valence-electron chi connectivity index (χ2n) is 1.84. The van der Waals surface area contributed by atoms with Crippen LogP contribution in [-0.2, 0) is 4.59 Å². The first-order valence-electron chi connectivity index (χ1n) is 2.70. The Bertz CT molecular complexity index is 258. The fourth-order valence-electron chi connectivity index (χ4n) is 0.566. The maximum atomic E-state index is 12.7. The Morgan fingerprint density at radius 1 is 1.36 bits per heavy atom. The normalized spacial score (nSPS) is 11.6. The predicted octanol–water partition coefficient (Wildman–Crippen LogP) is 3.29. The van der Waals surface area contributed by atoms with Crippen molar-refractivity contribution < 1.29 is 4.39 Å². The van der Waals surface area contributed by atoms with Gasteiger partial charge >= 0.3 is 0 Å². The van der Waals surface area contributed by atoms with E-state index in [0.29, 0.717) is 0 Å². The Balaban J connectivity index is 3.06. The lowest BCUT2D eigenvalue weighted by Crippen LogP contribution is -2.04. The lowest BCUT2D eigenvalue weighted by atomic mass is 10.4. The molecule has 0 unspecified atom stereocenters. The van der Waals surface area contributed by atoms with E-state index in [1.807, 2.05) is 0 Å². The third-order valence-electron chi connectivity index (χ3n) is 1.01. The summed E-state index contributed by atoms with van der Waals surface area (Å²) in [6.07, 6.45) is 0. The summed E-state index contributed by atoms with van der Waals surface area (Å²) in [7, 11) is 0. The molecule has 1 aromatic rings.